The van der Waals surface area contributed by atoms with E-state index in [1.165, 1.54) is 12.8 Å². The Morgan fingerprint density at radius 1 is 1.53 bits per heavy atom. The highest BCUT2D eigenvalue weighted by Crippen LogP contribution is 2.21. The molecule has 1 aliphatic rings. The highest BCUT2D eigenvalue weighted by molar-refractivity contribution is 7.10. The van der Waals surface area contributed by atoms with Crippen molar-refractivity contribution in [3.8, 4) is 0 Å². The highest BCUT2D eigenvalue weighted by Gasteiger charge is 2.13. The third-order valence-electron chi connectivity index (χ3n) is 3.11. The average Bonchev–Trinajstić information content (AvgIpc) is 2.81. The van der Waals surface area contributed by atoms with Crippen LogP contribution in [0.4, 0.5) is 0 Å². The normalized spacial score (nSPS) is 20.1. The minimum absolute atomic E-state index is 0.0152. The Hall–Kier alpha value is -1.16. The number of amides is 1. The lowest BCUT2D eigenvalue weighted by atomic mass is 9.90. The molecule has 1 aromatic rings. The molecule has 0 radical (unpaired) electrons. The van der Waals surface area contributed by atoms with Gasteiger partial charge in [0, 0.05) is 10.6 Å². The fourth-order valence-corrected chi connectivity index (χ4v) is 2.66. The molecule has 0 spiro atoms. The SMILES string of the molecule is CC1CCC(=NNC(=O)Cc2cccs2)CC1. The van der Waals surface area contributed by atoms with Crippen molar-refractivity contribution in [2.75, 3.05) is 0 Å². The number of hydrogen-bond acceptors (Lipinski definition) is 3. The van der Waals surface area contributed by atoms with Crippen LogP contribution in [0.5, 0.6) is 0 Å². The zero-order chi connectivity index (χ0) is 12.1. The second-order valence-corrected chi connectivity index (χ2v) is 5.68. The van der Waals surface area contributed by atoms with Gasteiger partial charge in [0.2, 0.25) is 5.91 Å². The minimum Gasteiger partial charge on any atom is -0.273 e. The quantitative estimate of drug-likeness (QED) is 0.823. The van der Waals surface area contributed by atoms with Gasteiger partial charge >= 0.3 is 0 Å². The van der Waals surface area contributed by atoms with Gasteiger partial charge in [0.1, 0.15) is 0 Å². The van der Waals surface area contributed by atoms with Crippen LogP contribution in [0.1, 0.15) is 37.5 Å². The number of thiophene rings is 1. The summed E-state index contributed by atoms with van der Waals surface area (Å²) in [6, 6.07) is 3.93. The molecule has 1 heterocycles. The molecule has 1 amide bonds. The van der Waals surface area contributed by atoms with E-state index < -0.39 is 0 Å². The summed E-state index contributed by atoms with van der Waals surface area (Å²) in [5, 5.41) is 6.20. The van der Waals surface area contributed by atoms with Gasteiger partial charge in [0.05, 0.1) is 6.42 Å². The number of hydrazone groups is 1. The maximum absolute atomic E-state index is 11.6. The van der Waals surface area contributed by atoms with Crippen molar-refractivity contribution in [1.29, 1.82) is 0 Å². The summed E-state index contributed by atoms with van der Waals surface area (Å²) >= 11 is 1.60. The Labute approximate surface area is 106 Å². The summed E-state index contributed by atoms with van der Waals surface area (Å²) in [5.41, 5.74) is 3.80. The highest BCUT2D eigenvalue weighted by atomic mass is 32.1. The van der Waals surface area contributed by atoms with Gasteiger partial charge in [-0.15, -0.1) is 11.3 Å². The first-order valence-corrected chi connectivity index (χ1v) is 6.98. The summed E-state index contributed by atoms with van der Waals surface area (Å²) in [7, 11) is 0. The van der Waals surface area contributed by atoms with E-state index >= 15 is 0 Å². The first kappa shape index (κ1) is 12.3. The average molecular weight is 250 g/mol. The van der Waals surface area contributed by atoms with Crippen molar-refractivity contribution >= 4 is 23.0 Å². The Morgan fingerprint density at radius 2 is 2.29 bits per heavy atom. The molecule has 0 unspecified atom stereocenters. The van der Waals surface area contributed by atoms with Gasteiger partial charge in [0.15, 0.2) is 0 Å². The number of nitrogens with zero attached hydrogens (tertiary/aromatic N) is 1. The van der Waals surface area contributed by atoms with Gasteiger partial charge in [-0.3, -0.25) is 4.79 Å². The molecule has 1 N–H and O–H groups in total. The van der Waals surface area contributed by atoms with Crippen LogP contribution in [0.2, 0.25) is 0 Å². The Morgan fingerprint density at radius 3 is 2.94 bits per heavy atom. The Kier molecular flexibility index (Phi) is 4.31. The summed E-state index contributed by atoms with van der Waals surface area (Å²) in [6.07, 6.45) is 4.88. The van der Waals surface area contributed by atoms with Gasteiger partial charge in [0.25, 0.3) is 0 Å². The molecule has 2 rings (SSSR count). The number of hydrogen-bond donors (Lipinski definition) is 1. The summed E-state index contributed by atoms with van der Waals surface area (Å²) < 4.78 is 0. The molecule has 0 aliphatic heterocycles. The van der Waals surface area contributed by atoms with Crippen LogP contribution in [0.25, 0.3) is 0 Å². The van der Waals surface area contributed by atoms with Crippen LogP contribution in [-0.2, 0) is 11.2 Å². The lowest BCUT2D eigenvalue weighted by Crippen LogP contribution is -2.22. The molecule has 0 saturated heterocycles. The first-order valence-electron chi connectivity index (χ1n) is 6.10. The number of rotatable bonds is 3. The van der Waals surface area contributed by atoms with Crippen molar-refractivity contribution in [3.63, 3.8) is 0 Å². The Balaban J connectivity index is 1.77. The van der Waals surface area contributed by atoms with Crippen LogP contribution in [-0.4, -0.2) is 11.6 Å². The second kappa shape index (κ2) is 5.96. The molecule has 1 aliphatic carbocycles. The zero-order valence-corrected chi connectivity index (χ0v) is 10.9. The predicted octanol–water partition coefficient (Wildman–Crippen LogP) is 2.97. The molecule has 1 fully saturated rings. The molecule has 0 aromatic carbocycles. The fraction of sp³-hybridized carbons (Fsp3) is 0.538. The van der Waals surface area contributed by atoms with E-state index in [1.54, 1.807) is 11.3 Å². The van der Waals surface area contributed by atoms with Crippen LogP contribution < -0.4 is 5.43 Å². The van der Waals surface area contributed by atoms with Crippen molar-refractivity contribution in [2.45, 2.75) is 39.0 Å². The topological polar surface area (TPSA) is 41.5 Å². The Bertz CT molecular complexity index is 388. The van der Waals surface area contributed by atoms with E-state index in [0.717, 1.165) is 29.3 Å². The van der Waals surface area contributed by atoms with E-state index in [2.05, 4.69) is 17.5 Å². The van der Waals surface area contributed by atoms with E-state index in [4.69, 9.17) is 0 Å². The lowest BCUT2D eigenvalue weighted by molar-refractivity contribution is -0.120. The van der Waals surface area contributed by atoms with Crippen LogP contribution >= 0.6 is 11.3 Å². The van der Waals surface area contributed by atoms with Gasteiger partial charge < -0.3 is 0 Å². The molecule has 1 aromatic heterocycles. The van der Waals surface area contributed by atoms with E-state index in [0.29, 0.717) is 6.42 Å². The summed E-state index contributed by atoms with van der Waals surface area (Å²) in [6.45, 7) is 2.27. The van der Waals surface area contributed by atoms with E-state index in [1.807, 2.05) is 17.5 Å². The fourth-order valence-electron chi connectivity index (χ4n) is 1.96. The zero-order valence-electron chi connectivity index (χ0n) is 10.1. The van der Waals surface area contributed by atoms with Crippen molar-refractivity contribution in [3.05, 3.63) is 22.4 Å². The number of nitrogens with one attached hydrogen (secondary N) is 1. The van der Waals surface area contributed by atoms with Crippen molar-refractivity contribution in [1.82, 2.24) is 5.43 Å². The third-order valence-corrected chi connectivity index (χ3v) is 3.98. The maximum atomic E-state index is 11.6. The summed E-state index contributed by atoms with van der Waals surface area (Å²) in [4.78, 5) is 12.7. The van der Waals surface area contributed by atoms with Gasteiger partial charge in [-0.1, -0.05) is 13.0 Å². The predicted molar refractivity (Wildman–Crippen MR) is 71.2 cm³/mol. The molecule has 4 heteroatoms. The molecule has 3 nitrogen and oxygen atoms in total. The minimum atomic E-state index is -0.0152. The largest absolute Gasteiger partial charge is 0.273 e. The molecular formula is C13H18N2OS. The second-order valence-electron chi connectivity index (χ2n) is 4.65. The number of carbonyl (C=O) groups excluding carboxylic acids is 1. The van der Waals surface area contributed by atoms with Crippen molar-refractivity contribution < 1.29 is 4.79 Å². The first-order chi connectivity index (χ1) is 8.24. The lowest BCUT2D eigenvalue weighted by Gasteiger charge is -2.18. The molecule has 17 heavy (non-hydrogen) atoms. The third kappa shape index (κ3) is 3.97. The molecule has 1 saturated carbocycles. The molecular weight excluding hydrogens is 232 g/mol. The van der Waals surface area contributed by atoms with E-state index in [9.17, 15) is 4.79 Å². The molecule has 92 valence electrons. The van der Waals surface area contributed by atoms with Crippen molar-refractivity contribution in [2.24, 2.45) is 11.0 Å². The van der Waals surface area contributed by atoms with Crippen LogP contribution in [0.15, 0.2) is 22.6 Å². The maximum Gasteiger partial charge on any atom is 0.245 e. The van der Waals surface area contributed by atoms with Gasteiger partial charge in [-0.2, -0.15) is 5.10 Å². The molecule has 0 atom stereocenters. The smallest absolute Gasteiger partial charge is 0.245 e. The van der Waals surface area contributed by atoms with E-state index in [-0.39, 0.29) is 5.91 Å². The van der Waals surface area contributed by atoms with Gasteiger partial charge in [-0.25, -0.2) is 5.43 Å². The standard InChI is InChI=1S/C13H18N2OS/c1-10-4-6-11(7-5-10)14-15-13(16)9-12-3-2-8-17-12/h2-3,8,10H,4-7,9H2,1H3,(H,15,16). The molecule has 0 bridgehead atoms. The van der Waals surface area contributed by atoms with Gasteiger partial charge in [-0.05, 0) is 43.0 Å². The number of carbonyl (C=O) groups is 1. The van der Waals surface area contributed by atoms with Crippen LogP contribution in [0.3, 0.4) is 0 Å². The summed E-state index contributed by atoms with van der Waals surface area (Å²) in [5.74, 6) is 0.786. The van der Waals surface area contributed by atoms with Crippen LogP contribution in [0, 0.1) is 5.92 Å². The monoisotopic (exact) mass is 250 g/mol.